The highest BCUT2D eigenvalue weighted by molar-refractivity contribution is 7.13. The van der Waals surface area contributed by atoms with Gasteiger partial charge in [0.1, 0.15) is 10.7 Å². The summed E-state index contributed by atoms with van der Waals surface area (Å²) < 4.78 is 0. The summed E-state index contributed by atoms with van der Waals surface area (Å²) in [6.45, 7) is 2.09. The van der Waals surface area contributed by atoms with Crippen LogP contribution in [0.1, 0.15) is 5.56 Å². The summed E-state index contributed by atoms with van der Waals surface area (Å²) in [6, 6.07) is 18.6. The van der Waals surface area contributed by atoms with Gasteiger partial charge in [0.2, 0.25) is 5.95 Å². The number of thiazole rings is 1. The summed E-state index contributed by atoms with van der Waals surface area (Å²) in [5.74, 6) is 0.564. The lowest BCUT2D eigenvalue weighted by atomic mass is 10.0. The lowest BCUT2D eigenvalue weighted by Crippen LogP contribution is -1.97. The average molecular weight is 344 g/mol. The molecule has 5 heteroatoms. The molecular weight excluding hydrogens is 328 g/mol. The van der Waals surface area contributed by atoms with Gasteiger partial charge in [-0.15, -0.1) is 11.3 Å². The number of aromatic nitrogens is 3. The third-order valence-electron chi connectivity index (χ3n) is 3.81. The zero-order valence-electron chi connectivity index (χ0n) is 13.7. The molecule has 2 aromatic heterocycles. The lowest BCUT2D eigenvalue weighted by Gasteiger charge is -2.08. The highest BCUT2D eigenvalue weighted by atomic mass is 32.1. The molecule has 0 spiro atoms. The summed E-state index contributed by atoms with van der Waals surface area (Å²) in [5, 5.41) is 6.11. The van der Waals surface area contributed by atoms with Crippen LogP contribution in [0.15, 0.2) is 72.4 Å². The Hall–Kier alpha value is -3.05. The van der Waals surface area contributed by atoms with Crippen LogP contribution in [0, 0.1) is 6.92 Å². The Labute approximate surface area is 150 Å². The van der Waals surface area contributed by atoms with Crippen molar-refractivity contribution in [3.05, 3.63) is 77.9 Å². The van der Waals surface area contributed by atoms with Crippen molar-refractivity contribution in [3.63, 3.8) is 0 Å². The second kappa shape index (κ2) is 6.83. The monoisotopic (exact) mass is 344 g/mol. The predicted octanol–water partition coefficient (Wildman–Crippen LogP) is 5.32. The first-order valence-corrected chi connectivity index (χ1v) is 8.83. The molecule has 0 aliphatic heterocycles. The second-order valence-electron chi connectivity index (χ2n) is 5.67. The van der Waals surface area contributed by atoms with Crippen molar-refractivity contribution < 1.29 is 0 Å². The Balaban J connectivity index is 1.60. The number of hydrogen-bond acceptors (Lipinski definition) is 5. The molecule has 4 aromatic rings. The van der Waals surface area contributed by atoms with Crippen LogP contribution in [0.3, 0.4) is 0 Å². The summed E-state index contributed by atoms with van der Waals surface area (Å²) in [4.78, 5) is 13.2. The summed E-state index contributed by atoms with van der Waals surface area (Å²) in [6.07, 6.45) is 3.52. The Bertz CT molecular complexity index is 979. The molecule has 0 unspecified atom stereocenters. The fraction of sp³-hybridized carbons (Fsp3) is 0.0500. The highest BCUT2D eigenvalue weighted by Crippen LogP contribution is 2.25. The van der Waals surface area contributed by atoms with Crippen molar-refractivity contribution in [1.29, 1.82) is 0 Å². The number of aryl methyl sites for hydroxylation is 1. The van der Waals surface area contributed by atoms with Gasteiger partial charge in [0.25, 0.3) is 0 Å². The van der Waals surface area contributed by atoms with E-state index < -0.39 is 0 Å². The molecule has 0 fully saturated rings. The number of hydrogen-bond donors (Lipinski definition) is 1. The third-order valence-corrected chi connectivity index (χ3v) is 4.61. The molecule has 122 valence electrons. The minimum atomic E-state index is 0.564. The Morgan fingerprint density at radius 2 is 1.76 bits per heavy atom. The predicted molar refractivity (Wildman–Crippen MR) is 103 cm³/mol. The molecule has 0 saturated carbocycles. The molecule has 4 rings (SSSR count). The summed E-state index contributed by atoms with van der Waals surface area (Å²) in [5.41, 5.74) is 5.37. The molecule has 2 heterocycles. The van der Waals surface area contributed by atoms with E-state index in [9.17, 15) is 0 Å². The Morgan fingerprint density at radius 1 is 0.880 bits per heavy atom. The van der Waals surface area contributed by atoms with Crippen LogP contribution >= 0.6 is 11.3 Å². The quantitative estimate of drug-likeness (QED) is 0.544. The zero-order valence-corrected chi connectivity index (χ0v) is 14.5. The smallest absolute Gasteiger partial charge is 0.227 e. The van der Waals surface area contributed by atoms with Crippen molar-refractivity contribution in [2.24, 2.45) is 0 Å². The summed E-state index contributed by atoms with van der Waals surface area (Å²) >= 11 is 1.56. The molecular formula is C20H16N4S. The van der Waals surface area contributed by atoms with Crippen LogP contribution in [0.25, 0.3) is 21.8 Å². The van der Waals surface area contributed by atoms with Gasteiger partial charge in [-0.05, 0) is 36.2 Å². The van der Waals surface area contributed by atoms with Crippen molar-refractivity contribution in [2.45, 2.75) is 6.92 Å². The zero-order chi connectivity index (χ0) is 17.1. The maximum absolute atomic E-state index is 4.55. The highest BCUT2D eigenvalue weighted by Gasteiger charge is 2.05. The lowest BCUT2D eigenvalue weighted by molar-refractivity contribution is 1.16. The van der Waals surface area contributed by atoms with Crippen molar-refractivity contribution in [3.8, 4) is 21.8 Å². The van der Waals surface area contributed by atoms with E-state index in [1.165, 1.54) is 11.1 Å². The molecule has 0 radical (unpaired) electrons. The Morgan fingerprint density at radius 3 is 2.56 bits per heavy atom. The van der Waals surface area contributed by atoms with E-state index in [-0.39, 0.29) is 0 Å². The number of anilines is 2. The second-order valence-corrected chi connectivity index (χ2v) is 6.57. The Kier molecular flexibility index (Phi) is 4.23. The topological polar surface area (TPSA) is 50.7 Å². The third kappa shape index (κ3) is 3.56. The van der Waals surface area contributed by atoms with Crippen LogP contribution in [-0.2, 0) is 0 Å². The van der Waals surface area contributed by atoms with E-state index in [0.29, 0.717) is 5.95 Å². The minimum Gasteiger partial charge on any atom is -0.324 e. The number of nitrogens with one attached hydrogen (secondary N) is 1. The van der Waals surface area contributed by atoms with Crippen LogP contribution in [0.4, 0.5) is 11.6 Å². The minimum absolute atomic E-state index is 0.564. The maximum Gasteiger partial charge on any atom is 0.227 e. The molecule has 4 nitrogen and oxygen atoms in total. The van der Waals surface area contributed by atoms with Gasteiger partial charge < -0.3 is 5.32 Å². The van der Waals surface area contributed by atoms with Crippen LogP contribution in [0.5, 0.6) is 0 Å². The maximum atomic E-state index is 4.55. The van der Waals surface area contributed by atoms with Gasteiger partial charge in [-0.25, -0.2) is 15.0 Å². The number of rotatable bonds is 4. The van der Waals surface area contributed by atoms with E-state index in [4.69, 9.17) is 0 Å². The molecule has 0 aliphatic rings. The first kappa shape index (κ1) is 15.5. The van der Waals surface area contributed by atoms with Crippen LogP contribution < -0.4 is 5.32 Å². The fourth-order valence-corrected chi connectivity index (χ4v) is 3.15. The molecule has 0 amide bonds. The van der Waals surface area contributed by atoms with E-state index in [0.717, 1.165) is 22.0 Å². The largest absolute Gasteiger partial charge is 0.324 e. The van der Waals surface area contributed by atoms with Gasteiger partial charge in [-0.1, -0.05) is 42.0 Å². The van der Waals surface area contributed by atoms with E-state index in [1.807, 2.05) is 23.6 Å². The van der Waals surface area contributed by atoms with E-state index >= 15 is 0 Å². The number of nitrogens with zero attached hydrogens (tertiary/aromatic N) is 3. The van der Waals surface area contributed by atoms with Crippen molar-refractivity contribution in [1.82, 2.24) is 15.0 Å². The molecule has 0 aliphatic carbocycles. The van der Waals surface area contributed by atoms with Gasteiger partial charge in [0.15, 0.2) is 0 Å². The molecule has 0 atom stereocenters. The molecule has 2 aromatic carbocycles. The SMILES string of the molecule is Cc1ccc(-c2cccc(Nc3nccc(-c4nccs4)n3)c2)cc1. The van der Waals surface area contributed by atoms with Gasteiger partial charge >= 0.3 is 0 Å². The molecule has 1 N–H and O–H groups in total. The van der Waals surface area contributed by atoms with Gasteiger partial charge in [-0.2, -0.15) is 0 Å². The standard InChI is InChI=1S/C20H16N4S/c1-14-5-7-15(8-6-14)16-3-2-4-17(13-16)23-20-22-10-9-18(24-20)19-21-11-12-25-19/h2-13H,1H3,(H,22,23,24). The van der Waals surface area contributed by atoms with E-state index in [1.54, 1.807) is 23.7 Å². The van der Waals surface area contributed by atoms with Crippen LogP contribution in [-0.4, -0.2) is 15.0 Å². The first-order valence-electron chi connectivity index (χ1n) is 7.95. The first-order chi connectivity index (χ1) is 12.3. The molecule has 25 heavy (non-hydrogen) atoms. The molecule has 0 bridgehead atoms. The van der Waals surface area contributed by atoms with Gasteiger partial charge in [-0.3, -0.25) is 0 Å². The molecule has 0 saturated heterocycles. The van der Waals surface area contributed by atoms with Gasteiger partial charge in [0, 0.05) is 23.5 Å². The average Bonchev–Trinajstić information content (AvgIpc) is 3.18. The normalized spacial score (nSPS) is 10.6. The van der Waals surface area contributed by atoms with E-state index in [2.05, 4.69) is 63.6 Å². The van der Waals surface area contributed by atoms with Gasteiger partial charge in [0.05, 0.1) is 0 Å². The van der Waals surface area contributed by atoms with Crippen molar-refractivity contribution >= 4 is 23.0 Å². The fourth-order valence-electron chi connectivity index (χ4n) is 2.54. The van der Waals surface area contributed by atoms with Crippen LogP contribution in [0.2, 0.25) is 0 Å². The summed E-state index contributed by atoms with van der Waals surface area (Å²) in [7, 11) is 0. The number of benzene rings is 2. The van der Waals surface area contributed by atoms with Crippen molar-refractivity contribution in [2.75, 3.05) is 5.32 Å².